The number of aldehydes is 1. The summed E-state index contributed by atoms with van der Waals surface area (Å²) in [5, 5.41) is 0.935. The van der Waals surface area contributed by atoms with Crippen LogP contribution in [0.4, 0.5) is 11.4 Å². The summed E-state index contributed by atoms with van der Waals surface area (Å²) in [6.45, 7) is 6.44. The smallest absolute Gasteiger partial charge is 0.326 e. The first-order valence-electron chi connectivity index (χ1n) is 14.9. The molecule has 12 heteroatoms. The highest BCUT2D eigenvalue weighted by molar-refractivity contribution is 6.11. The van der Waals surface area contributed by atoms with Gasteiger partial charge in [-0.2, -0.15) is 0 Å². The zero-order chi connectivity index (χ0) is 32.0. The van der Waals surface area contributed by atoms with E-state index in [0.717, 1.165) is 58.5 Å². The molecule has 0 bridgehead atoms. The Balaban J connectivity index is 0.00000216. The van der Waals surface area contributed by atoms with E-state index in [-0.39, 0.29) is 36.4 Å². The number of pyridine rings is 2. The number of fused-ring (bicyclic) bond motifs is 4. The molecule has 0 saturated heterocycles. The summed E-state index contributed by atoms with van der Waals surface area (Å²) in [5.74, 6) is -1.27. The molecule has 0 radical (unpaired) electrons. The molecule has 1 amide bonds. The number of aromatic nitrogens is 2. The molecule has 1 atom stereocenters. The summed E-state index contributed by atoms with van der Waals surface area (Å²) in [5.41, 5.74) is 9.98. The van der Waals surface area contributed by atoms with Crippen LogP contribution in [-0.2, 0) is 37.0 Å². The van der Waals surface area contributed by atoms with Crippen LogP contribution in [0, 0.1) is 0 Å². The molecule has 2 N–H and O–H groups in total. The van der Waals surface area contributed by atoms with Crippen molar-refractivity contribution in [2.24, 2.45) is 10.7 Å². The number of aliphatic imine (C=N–C) groups is 1. The third kappa shape index (κ3) is 6.13. The van der Waals surface area contributed by atoms with Gasteiger partial charge in [-0.3, -0.25) is 19.2 Å². The fourth-order valence-corrected chi connectivity index (χ4v) is 5.54. The second-order valence-corrected chi connectivity index (χ2v) is 10.4. The number of anilines is 1. The first-order chi connectivity index (χ1) is 21.3. The van der Waals surface area contributed by atoms with Gasteiger partial charge in [-0.1, -0.05) is 39.7 Å². The van der Waals surface area contributed by atoms with Crippen molar-refractivity contribution in [1.29, 1.82) is 0 Å². The van der Waals surface area contributed by atoms with Crippen LogP contribution < -0.4 is 16.2 Å². The normalized spacial score (nSPS) is 13.1. The fraction of sp³-hybridized carbons (Fsp3) is 0.438. The second kappa shape index (κ2) is 14.4. The minimum Gasteiger partial charge on any atom is -0.448 e. The SMILES string of the molecule is CC.CCCCCN1C=Nc2cccc3nc4c(c1c23)Cn1c-4cc([C@@H](C=O)OC(=O)CN(C)C(=O)CN)c(COC)c1=O. The molecule has 5 rings (SSSR count). The van der Waals surface area contributed by atoms with Crippen LogP contribution in [0.3, 0.4) is 0 Å². The van der Waals surface area contributed by atoms with E-state index in [1.165, 1.54) is 14.2 Å². The van der Waals surface area contributed by atoms with E-state index in [1.807, 2.05) is 38.4 Å². The highest BCUT2D eigenvalue weighted by Gasteiger charge is 2.33. The van der Waals surface area contributed by atoms with Crippen molar-refractivity contribution in [3.05, 3.63) is 51.3 Å². The van der Waals surface area contributed by atoms with E-state index < -0.39 is 24.5 Å². The predicted octanol–water partition coefficient (Wildman–Crippen LogP) is 3.47. The van der Waals surface area contributed by atoms with E-state index >= 15 is 0 Å². The lowest BCUT2D eigenvalue weighted by molar-refractivity contribution is -0.155. The Kier molecular flexibility index (Phi) is 10.6. The van der Waals surface area contributed by atoms with E-state index in [2.05, 4.69) is 16.8 Å². The molecule has 1 aromatic carbocycles. The lowest BCUT2D eigenvalue weighted by Gasteiger charge is -2.27. The molecule has 3 aromatic rings. The van der Waals surface area contributed by atoms with Gasteiger partial charge in [-0.05, 0) is 24.6 Å². The van der Waals surface area contributed by atoms with Gasteiger partial charge in [-0.15, -0.1) is 0 Å². The summed E-state index contributed by atoms with van der Waals surface area (Å²) < 4.78 is 12.4. The van der Waals surface area contributed by atoms with Gasteiger partial charge in [0.1, 0.15) is 6.54 Å². The van der Waals surface area contributed by atoms with E-state index in [9.17, 15) is 19.2 Å². The Hall–Kier alpha value is -4.42. The van der Waals surface area contributed by atoms with E-state index in [1.54, 1.807) is 10.6 Å². The molecular formula is C32H40N6O6. The molecule has 12 nitrogen and oxygen atoms in total. The quantitative estimate of drug-likeness (QED) is 0.146. The lowest BCUT2D eigenvalue weighted by Crippen LogP contribution is -2.37. The van der Waals surface area contributed by atoms with Crippen molar-refractivity contribution in [2.75, 3.05) is 38.7 Å². The fourth-order valence-electron chi connectivity index (χ4n) is 5.54. The van der Waals surface area contributed by atoms with Crippen LogP contribution in [0.1, 0.15) is 62.8 Å². The van der Waals surface area contributed by atoms with Crippen molar-refractivity contribution < 1.29 is 23.9 Å². The number of rotatable bonds is 12. The molecule has 0 aliphatic carbocycles. The summed E-state index contributed by atoms with van der Waals surface area (Å²) in [6.07, 6.45) is 4.05. The molecule has 0 saturated carbocycles. The summed E-state index contributed by atoms with van der Waals surface area (Å²) >= 11 is 0. The van der Waals surface area contributed by atoms with Gasteiger partial charge in [0.2, 0.25) is 5.91 Å². The highest BCUT2D eigenvalue weighted by Crippen LogP contribution is 2.45. The van der Waals surface area contributed by atoms with Crippen LogP contribution in [0.5, 0.6) is 0 Å². The third-order valence-corrected chi connectivity index (χ3v) is 7.62. The van der Waals surface area contributed by atoms with Gasteiger partial charge in [0.15, 0.2) is 12.4 Å². The maximum Gasteiger partial charge on any atom is 0.326 e. The molecule has 0 unspecified atom stereocenters. The number of esters is 1. The number of carbonyl (C=O) groups is 3. The van der Waals surface area contributed by atoms with Crippen LogP contribution in [0.2, 0.25) is 0 Å². The zero-order valence-corrected chi connectivity index (χ0v) is 26.0. The van der Waals surface area contributed by atoms with E-state index in [4.69, 9.17) is 20.2 Å². The van der Waals surface area contributed by atoms with Crippen molar-refractivity contribution in [3.8, 4) is 11.4 Å². The number of methoxy groups -OCH3 is 1. The standard InChI is InChI=1S/C30H34N6O6.C2H6/c1-4-5-6-10-35-17-32-21-8-7-9-22-27(21)29(35)19-13-36-23(28(19)33-22)11-18(20(16-41-3)30(36)40)24(15-37)42-26(39)14-34(2)25(38)12-31;1-2/h7-9,11,15,17,24H,4-6,10,12-14,16,31H2,1-3H3;1-2H3/t24-;/m1./s1. The van der Waals surface area contributed by atoms with Gasteiger partial charge >= 0.3 is 5.97 Å². The molecule has 2 aromatic heterocycles. The number of carbonyl (C=O) groups excluding carboxylic acids is 3. The van der Waals surface area contributed by atoms with Gasteiger partial charge in [0.25, 0.3) is 5.56 Å². The van der Waals surface area contributed by atoms with Crippen molar-refractivity contribution in [2.45, 2.75) is 59.3 Å². The Labute approximate surface area is 256 Å². The number of nitrogens with zero attached hydrogens (tertiary/aromatic N) is 5. The number of nitrogens with two attached hydrogens (primary N) is 1. The first kappa shape index (κ1) is 32.5. The maximum absolute atomic E-state index is 13.9. The average Bonchev–Trinajstić information content (AvgIpc) is 3.41. The molecule has 0 fully saturated rings. The minimum absolute atomic E-state index is 0.0968. The highest BCUT2D eigenvalue weighted by atomic mass is 16.5. The van der Waals surface area contributed by atoms with E-state index in [0.29, 0.717) is 17.7 Å². The van der Waals surface area contributed by atoms with Gasteiger partial charge in [-0.25, -0.2) is 9.98 Å². The largest absolute Gasteiger partial charge is 0.448 e. The van der Waals surface area contributed by atoms with Crippen LogP contribution >= 0.6 is 0 Å². The van der Waals surface area contributed by atoms with Gasteiger partial charge in [0.05, 0.1) is 65.3 Å². The molecule has 4 heterocycles. The molecule has 44 heavy (non-hydrogen) atoms. The zero-order valence-electron chi connectivity index (χ0n) is 26.0. The number of unbranched alkanes of at least 4 members (excludes halogenated alkanes) is 2. The van der Waals surface area contributed by atoms with Crippen molar-refractivity contribution in [1.82, 2.24) is 14.5 Å². The first-order valence-corrected chi connectivity index (χ1v) is 14.9. The molecular weight excluding hydrogens is 564 g/mol. The Bertz CT molecular complexity index is 1650. The number of benzene rings is 1. The molecule has 2 aliphatic rings. The van der Waals surface area contributed by atoms with Crippen molar-refractivity contribution in [3.63, 3.8) is 0 Å². The molecule has 2 aliphatic heterocycles. The maximum atomic E-state index is 13.9. The topological polar surface area (TPSA) is 149 Å². The number of ether oxygens (including phenoxy) is 2. The van der Waals surface area contributed by atoms with Gasteiger partial charge < -0.3 is 29.6 Å². The number of likely N-dealkylation sites (N-methyl/N-ethyl adjacent to an activating group) is 1. The van der Waals surface area contributed by atoms with Gasteiger partial charge in [0, 0.05) is 31.8 Å². The molecule has 0 spiro atoms. The number of hydrogen-bond donors (Lipinski definition) is 1. The minimum atomic E-state index is -1.39. The Morgan fingerprint density at radius 3 is 2.68 bits per heavy atom. The average molecular weight is 605 g/mol. The van der Waals surface area contributed by atoms with Crippen LogP contribution in [0.25, 0.3) is 22.3 Å². The molecule has 234 valence electrons. The summed E-state index contributed by atoms with van der Waals surface area (Å²) in [4.78, 5) is 63.5. The lowest BCUT2D eigenvalue weighted by atomic mass is 10.0. The summed E-state index contributed by atoms with van der Waals surface area (Å²) in [6, 6.07) is 7.44. The summed E-state index contributed by atoms with van der Waals surface area (Å²) in [7, 11) is 2.85. The van der Waals surface area contributed by atoms with Crippen LogP contribution in [-0.4, -0.2) is 72.7 Å². The Morgan fingerprint density at radius 2 is 2.00 bits per heavy atom. The number of amides is 1. The monoisotopic (exact) mass is 604 g/mol. The predicted molar refractivity (Wildman–Crippen MR) is 169 cm³/mol. The number of hydrogen-bond acceptors (Lipinski definition) is 10. The third-order valence-electron chi connectivity index (χ3n) is 7.62. The van der Waals surface area contributed by atoms with Crippen LogP contribution in [0.15, 0.2) is 34.1 Å². The Morgan fingerprint density at radius 1 is 1.23 bits per heavy atom. The second-order valence-electron chi connectivity index (χ2n) is 10.4. The van der Waals surface area contributed by atoms with Crippen molar-refractivity contribution >= 4 is 46.8 Å².